The monoisotopic (exact) mass is 306 g/mol. The number of likely N-dealkylation sites (N-methyl/N-ethyl adjacent to an activating group) is 1. The summed E-state index contributed by atoms with van der Waals surface area (Å²) in [7, 11) is 1.46. The summed E-state index contributed by atoms with van der Waals surface area (Å²) in [5.74, 6) is -0.579. The minimum absolute atomic E-state index is 0.274. The Morgan fingerprint density at radius 2 is 1.95 bits per heavy atom. The summed E-state index contributed by atoms with van der Waals surface area (Å²) in [6.45, 7) is -0.570. The van der Waals surface area contributed by atoms with Crippen molar-refractivity contribution in [3.63, 3.8) is 0 Å². The van der Waals surface area contributed by atoms with Gasteiger partial charge in [-0.25, -0.2) is 5.48 Å². The molecule has 0 aliphatic rings. The van der Waals surface area contributed by atoms with E-state index in [2.05, 4.69) is 15.6 Å². The van der Waals surface area contributed by atoms with Gasteiger partial charge in [-0.15, -0.1) is 0 Å². The first-order valence-electron chi connectivity index (χ1n) is 5.22. The van der Waals surface area contributed by atoms with Crippen LogP contribution in [0.5, 0.6) is 5.75 Å². The number of halogens is 2. The predicted octanol–water partition coefficient (Wildman–Crippen LogP) is 1.17. The quantitative estimate of drug-likeness (QED) is 0.773. The van der Waals surface area contributed by atoms with E-state index < -0.39 is 5.91 Å². The number of amides is 2. The van der Waals surface area contributed by atoms with E-state index in [-0.39, 0.29) is 19.1 Å². The molecule has 0 heterocycles. The highest BCUT2D eigenvalue weighted by Crippen LogP contribution is 2.27. The summed E-state index contributed by atoms with van der Waals surface area (Å²) in [5.41, 5.74) is 2.06. The molecular formula is C11H12Cl2N2O4. The largest absolute Gasteiger partial charge is 0.482 e. The number of hydrogen-bond acceptors (Lipinski definition) is 4. The Morgan fingerprint density at radius 3 is 2.58 bits per heavy atom. The zero-order valence-corrected chi connectivity index (χ0v) is 11.5. The van der Waals surface area contributed by atoms with E-state index in [0.29, 0.717) is 15.8 Å². The lowest BCUT2D eigenvalue weighted by atomic mass is 10.3. The molecule has 0 aliphatic carbocycles. The van der Waals surface area contributed by atoms with Gasteiger partial charge in [-0.3, -0.25) is 14.4 Å². The number of rotatable bonds is 6. The SMILES string of the molecule is CNC(=O)CONC(=O)COc1ccc(Cl)cc1Cl. The summed E-state index contributed by atoms with van der Waals surface area (Å²) in [6.07, 6.45) is 0. The van der Waals surface area contributed by atoms with Crippen molar-refractivity contribution in [1.82, 2.24) is 10.8 Å². The number of carbonyl (C=O) groups is 2. The third-order valence-corrected chi connectivity index (χ3v) is 2.45. The topological polar surface area (TPSA) is 76.7 Å². The fourth-order valence-corrected chi connectivity index (χ4v) is 1.48. The third-order valence-electron chi connectivity index (χ3n) is 1.92. The summed E-state index contributed by atoms with van der Waals surface area (Å²) < 4.78 is 5.15. The molecule has 0 atom stereocenters. The van der Waals surface area contributed by atoms with E-state index in [1.54, 1.807) is 12.1 Å². The molecule has 0 saturated carbocycles. The van der Waals surface area contributed by atoms with E-state index in [9.17, 15) is 9.59 Å². The summed E-state index contributed by atoms with van der Waals surface area (Å²) in [5, 5.41) is 3.10. The molecule has 6 nitrogen and oxygen atoms in total. The van der Waals surface area contributed by atoms with Crippen LogP contribution in [0.3, 0.4) is 0 Å². The van der Waals surface area contributed by atoms with Gasteiger partial charge in [0.25, 0.3) is 5.91 Å². The Kier molecular flexibility index (Phi) is 6.41. The molecule has 0 saturated heterocycles. The number of carbonyl (C=O) groups excluding carboxylic acids is 2. The van der Waals surface area contributed by atoms with Crippen LogP contribution in [0.2, 0.25) is 10.0 Å². The molecule has 0 radical (unpaired) electrons. The normalized spacial score (nSPS) is 9.84. The van der Waals surface area contributed by atoms with Crippen LogP contribution in [0.4, 0.5) is 0 Å². The molecule has 104 valence electrons. The van der Waals surface area contributed by atoms with E-state index in [1.165, 1.54) is 13.1 Å². The van der Waals surface area contributed by atoms with Crippen molar-refractivity contribution in [2.24, 2.45) is 0 Å². The lowest BCUT2D eigenvalue weighted by molar-refractivity contribution is -0.140. The highest BCUT2D eigenvalue weighted by atomic mass is 35.5. The highest BCUT2D eigenvalue weighted by Gasteiger charge is 2.07. The van der Waals surface area contributed by atoms with Crippen molar-refractivity contribution in [3.8, 4) is 5.75 Å². The predicted molar refractivity (Wildman–Crippen MR) is 70.1 cm³/mol. The average molecular weight is 307 g/mol. The van der Waals surface area contributed by atoms with Crippen molar-refractivity contribution in [1.29, 1.82) is 0 Å². The molecule has 2 amide bonds. The molecule has 1 aromatic carbocycles. The number of benzene rings is 1. The zero-order valence-electron chi connectivity index (χ0n) is 10.0. The smallest absolute Gasteiger partial charge is 0.281 e. The Morgan fingerprint density at radius 1 is 1.21 bits per heavy atom. The second-order valence-electron chi connectivity index (χ2n) is 3.35. The number of hydrogen-bond donors (Lipinski definition) is 2. The van der Waals surface area contributed by atoms with Gasteiger partial charge in [-0.05, 0) is 18.2 Å². The third kappa shape index (κ3) is 5.78. The van der Waals surface area contributed by atoms with E-state index in [0.717, 1.165) is 0 Å². The molecule has 2 N–H and O–H groups in total. The van der Waals surface area contributed by atoms with Gasteiger partial charge < -0.3 is 10.1 Å². The van der Waals surface area contributed by atoms with Crippen LogP contribution in [0.25, 0.3) is 0 Å². The van der Waals surface area contributed by atoms with Crippen molar-refractivity contribution in [2.75, 3.05) is 20.3 Å². The first-order valence-corrected chi connectivity index (χ1v) is 5.97. The van der Waals surface area contributed by atoms with Crippen LogP contribution in [0, 0.1) is 0 Å². The number of hydroxylamine groups is 1. The maximum absolute atomic E-state index is 11.3. The average Bonchev–Trinajstić information content (AvgIpc) is 2.37. The molecule has 1 aromatic rings. The Hall–Kier alpha value is -1.50. The highest BCUT2D eigenvalue weighted by molar-refractivity contribution is 6.35. The van der Waals surface area contributed by atoms with Gasteiger partial charge in [-0.2, -0.15) is 0 Å². The van der Waals surface area contributed by atoms with Crippen molar-refractivity contribution >= 4 is 35.0 Å². The minimum Gasteiger partial charge on any atom is -0.482 e. The number of nitrogens with one attached hydrogen (secondary N) is 2. The van der Waals surface area contributed by atoms with Crippen LogP contribution in [-0.4, -0.2) is 32.1 Å². The second-order valence-corrected chi connectivity index (χ2v) is 4.19. The number of ether oxygens (including phenoxy) is 1. The molecule has 0 bridgehead atoms. The standard InChI is InChI=1S/C11H12Cl2N2O4/c1-14-10(16)6-19-15-11(17)5-18-9-3-2-7(12)4-8(9)13/h2-4H,5-6H2,1H3,(H,14,16)(H,15,17). The summed E-state index contributed by atoms with van der Waals surface area (Å²) >= 11 is 11.6. The first kappa shape index (κ1) is 15.6. The van der Waals surface area contributed by atoms with E-state index >= 15 is 0 Å². The molecule has 8 heteroatoms. The Labute approximate surface area is 119 Å². The van der Waals surface area contributed by atoms with Crippen molar-refractivity contribution < 1.29 is 19.2 Å². The van der Waals surface area contributed by atoms with Crippen molar-refractivity contribution in [3.05, 3.63) is 28.2 Å². The fourth-order valence-electron chi connectivity index (χ4n) is 1.02. The summed E-state index contributed by atoms with van der Waals surface area (Å²) in [6, 6.07) is 4.63. The van der Waals surface area contributed by atoms with Gasteiger partial charge in [0.15, 0.2) is 13.2 Å². The van der Waals surface area contributed by atoms with Gasteiger partial charge >= 0.3 is 0 Å². The fraction of sp³-hybridized carbons (Fsp3) is 0.273. The summed E-state index contributed by atoms with van der Waals surface area (Å²) in [4.78, 5) is 26.7. The van der Waals surface area contributed by atoms with Gasteiger partial charge in [-0.1, -0.05) is 23.2 Å². The van der Waals surface area contributed by atoms with Crippen molar-refractivity contribution in [2.45, 2.75) is 0 Å². The van der Waals surface area contributed by atoms with Crippen LogP contribution in [0.15, 0.2) is 18.2 Å². The lowest BCUT2D eigenvalue weighted by Gasteiger charge is -2.08. The van der Waals surface area contributed by atoms with Gasteiger partial charge in [0.05, 0.1) is 5.02 Å². The van der Waals surface area contributed by atoms with Crippen LogP contribution in [0.1, 0.15) is 0 Å². The van der Waals surface area contributed by atoms with Gasteiger partial charge in [0, 0.05) is 12.1 Å². The van der Waals surface area contributed by atoms with Crippen LogP contribution in [-0.2, 0) is 14.4 Å². The minimum atomic E-state index is -0.546. The Balaban J connectivity index is 2.32. The van der Waals surface area contributed by atoms with E-state index in [1.807, 2.05) is 0 Å². The van der Waals surface area contributed by atoms with Crippen LogP contribution >= 0.6 is 23.2 Å². The zero-order chi connectivity index (χ0) is 14.3. The molecule has 19 heavy (non-hydrogen) atoms. The molecular weight excluding hydrogens is 295 g/mol. The molecule has 0 aromatic heterocycles. The Bertz CT molecular complexity index is 468. The molecule has 0 spiro atoms. The van der Waals surface area contributed by atoms with Crippen LogP contribution < -0.4 is 15.5 Å². The first-order chi connectivity index (χ1) is 9.02. The maximum atomic E-state index is 11.3. The molecule has 0 fully saturated rings. The molecule has 0 unspecified atom stereocenters. The molecule has 1 rings (SSSR count). The van der Waals surface area contributed by atoms with Gasteiger partial charge in [0.2, 0.25) is 5.91 Å². The lowest BCUT2D eigenvalue weighted by Crippen LogP contribution is -2.33. The maximum Gasteiger partial charge on any atom is 0.281 e. The van der Waals surface area contributed by atoms with Gasteiger partial charge in [0.1, 0.15) is 5.75 Å². The van der Waals surface area contributed by atoms with E-state index in [4.69, 9.17) is 27.9 Å². The second kappa shape index (κ2) is 7.83. The molecule has 0 aliphatic heterocycles.